The number of nitrogen functional groups attached to an aromatic ring is 1. The minimum atomic E-state index is -0.545. The van der Waals surface area contributed by atoms with Crippen LogP contribution >= 0.6 is 0 Å². The number of piperidine rings is 1. The third-order valence-electron chi connectivity index (χ3n) is 4.55. The first kappa shape index (κ1) is 17.9. The molecule has 2 atom stereocenters. The van der Waals surface area contributed by atoms with Crippen LogP contribution in [-0.4, -0.2) is 28.0 Å². The minimum Gasteiger partial charge on any atom is -0.378 e. The van der Waals surface area contributed by atoms with Gasteiger partial charge in [0.1, 0.15) is 0 Å². The van der Waals surface area contributed by atoms with Gasteiger partial charge in [0, 0.05) is 18.8 Å². The van der Waals surface area contributed by atoms with Gasteiger partial charge in [0.25, 0.3) is 0 Å². The molecular weight excluding hydrogens is 332 g/mol. The Bertz CT molecular complexity index is 798. The van der Waals surface area contributed by atoms with Gasteiger partial charge in [0.05, 0.1) is 4.92 Å². The Balaban J connectivity index is 1.99. The van der Waals surface area contributed by atoms with E-state index >= 15 is 0 Å². The first-order valence-corrected chi connectivity index (χ1v) is 8.74. The van der Waals surface area contributed by atoms with Crippen molar-refractivity contribution in [1.29, 1.82) is 0 Å². The van der Waals surface area contributed by atoms with E-state index in [-0.39, 0.29) is 17.3 Å². The smallest absolute Gasteiger partial charge is 0.353 e. The number of benzene rings is 1. The molecule has 0 radical (unpaired) electrons. The van der Waals surface area contributed by atoms with Crippen molar-refractivity contribution in [3.63, 3.8) is 0 Å². The average molecular weight is 356 g/mol. The number of rotatable bonds is 4. The molecule has 1 saturated heterocycles. The van der Waals surface area contributed by atoms with Gasteiger partial charge in [-0.2, -0.15) is 9.97 Å². The zero-order valence-corrected chi connectivity index (χ0v) is 15.3. The van der Waals surface area contributed by atoms with Gasteiger partial charge in [0.2, 0.25) is 17.6 Å². The van der Waals surface area contributed by atoms with Crippen LogP contribution in [0.4, 0.5) is 29.0 Å². The third kappa shape index (κ3) is 3.84. The van der Waals surface area contributed by atoms with Crippen molar-refractivity contribution in [2.45, 2.75) is 27.2 Å². The van der Waals surface area contributed by atoms with E-state index in [4.69, 9.17) is 5.73 Å². The fourth-order valence-corrected chi connectivity index (χ4v) is 3.47. The molecule has 2 heterocycles. The lowest BCUT2D eigenvalue weighted by molar-refractivity contribution is -0.383. The first-order valence-electron chi connectivity index (χ1n) is 8.74. The lowest BCUT2D eigenvalue weighted by Gasteiger charge is -2.35. The fraction of sp³-hybridized carbons (Fsp3) is 0.444. The summed E-state index contributed by atoms with van der Waals surface area (Å²) in [4.78, 5) is 21.6. The monoisotopic (exact) mass is 356 g/mol. The van der Waals surface area contributed by atoms with Gasteiger partial charge in [-0.3, -0.25) is 10.1 Å². The van der Waals surface area contributed by atoms with Crippen molar-refractivity contribution >= 4 is 29.0 Å². The van der Waals surface area contributed by atoms with Crippen LogP contribution in [0, 0.1) is 28.9 Å². The average Bonchev–Trinajstić information content (AvgIpc) is 2.55. The first-order chi connectivity index (χ1) is 12.3. The number of nitrogens with one attached hydrogen (secondary N) is 1. The molecule has 0 bridgehead atoms. The van der Waals surface area contributed by atoms with E-state index in [2.05, 4.69) is 34.0 Å². The van der Waals surface area contributed by atoms with Crippen LogP contribution in [0.5, 0.6) is 0 Å². The van der Waals surface area contributed by atoms with Crippen LogP contribution in [0.2, 0.25) is 0 Å². The lowest BCUT2D eigenvalue weighted by atomic mass is 9.92. The molecule has 138 valence electrons. The normalized spacial score (nSPS) is 20.0. The Morgan fingerprint density at radius 2 is 1.81 bits per heavy atom. The van der Waals surface area contributed by atoms with Crippen LogP contribution in [0.1, 0.15) is 25.8 Å². The Morgan fingerprint density at radius 1 is 1.19 bits per heavy atom. The molecule has 0 amide bonds. The minimum absolute atomic E-state index is 0.118. The Hall–Kier alpha value is -2.90. The molecule has 3 rings (SSSR count). The fourth-order valence-electron chi connectivity index (χ4n) is 3.47. The molecule has 0 spiro atoms. The van der Waals surface area contributed by atoms with Crippen molar-refractivity contribution in [2.24, 2.45) is 11.8 Å². The molecule has 26 heavy (non-hydrogen) atoms. The summed E-state index contributed by atoms with van der Waals surface area (Å²) in [6.07, 6.45) is 1.15. The molecule has 1 aromatic heterocycles. The molecule has 1 aliphatic rings. The van der Waals surface area contributed by atoms with Crippen LogP contribution < -0.4 is 16.0 Å². The van der Waals surface area contributed by atoms with Crippen LogP contribution in [0.15, 0.2) is 24.3 Å². The molecule has 2 unspecified atom stereocenters. The summed E-state index contributed by atoms with van der Waals surface area (Å²) in [7, 11) is 0. The second kappa shape index (κ2) is 7.15. The van der Waals surface area contributed by atoms with Crippen molar-refractivity contribution in [1.82, 2.24) is 9.97 Å². The van der Waals surface area contributed by atoms with Gasteiger partial charge >= 0.3 is 5.69 Å². The third-order valence-corrected chi connectivity index (χ3v) is 4.55. The number of nitrogens with two attached hydrogens (primary N) is 1. The number of nitro groups is 1. The van der Waals surface area contributed by atoms with Crippen molar-refractivity contribution in [2.75, 3.05) is 29.0 Å². The second-order valence-corrected chi connectivity index (χ2v) is 7.21. The zero-order chi connectivity index (χ0) is 18.8. The Labute approximate surface area is 152 Å². The maximum atomic E-state index is 11.5. The highest BCUT2D eigenvalue weighted by Gasteiger charge is 2.28. The van der Waals surface area contributed by atoms with Crippen molar-refractivity contribution < 1.29 is 4.92 Å². The summed E-state index contributed by atoms with van der Waals surface area (Å²) < 4.78 is 0. The number of hydrogen-bond acceptors (Lipinski definition) is 7. The zero-order valence-electron chi connectivity index (χ0n) is 15.3. The molecular formula is C18H24N6O2. The second-order valence-electron chi connectivity index (χ2n) is 7.21. The van der Waals surface area contributed by atoms with E-state index in [9.17, 15) is 10.1 Å². The summed E-state index contributed by atoms with van der Waals surface area (Å²) >= 11 is 0. The standard InChI is InChI=1S/C18H24N6O2/c1-11-4-6-14(7-5-11)20-17-15(24(25)26)16(19)21-18(22-17)23-9-12(2)8-13(3)10-23/h4-7,12-13H,8-10H2,1-3H3,(H3,19,20,21,22). The van der Waals surface area contributed by atoms with Crippen molar-refractivity contribution in [3.8, 4) is 0 Å². The summed E-state index contributed by atoms with van der Waals surface area (Å²) in [5, 5.41) is 14.5. The number of aryl methyl sites for hydroxylation is 1. The molecule has 8 heteroatoms. The number of nitrogens with zero attached hydrogens (tertiary/aromatic N) is 4. The number of anilines is 4. The van der Waals surface area contributed by atoms with Crippen LogP contribution in [0.25, 0.3) is 0 Å². The van der Waals surface area contributed by atoms with E-state index in [1.807, 2.05) is 31.2 Å². The maximum absolute atomic E-state index is 11.5. The number of aromatic nitrogens is 2. The molecule has 0 aliphatic carbocycles. The van der Waals surface area contributed by atoms with E-state index in [0.29, 0.717) is 23.5 Å². The topological polar surface area (TPSA) is 110 Å². The SMILES string of the molecule is Cc1ccc(Nc2nc(N3CC(C)CC(C)C3)nc(N)c2[N+](=O)[O-])cc1. The quantitative estimate of drug-likeness (QED) is 0.637. The lowest BCUT2D eigenvalue weighted by Crippen LogP contribution is -2.39. The molecule has 1 aliphatic heterocycles. The highest BCUT2D eigenvalue weighted by atomic mass is 16.6. The summed E-state index contributed by atoms with van der Waals surface area (Å²) in [6.45, 7) is 7.97. The molecule has 2 aromatic rings. The molecule has 0 saturated carbocycles. The highest BCUT2D eigenvalue weighted by Crippen LogP contribution is 2.33. The molecule has 1 fully saturated rings. The van der Waals surface area contributed by atoms with Gasteiger partial charge in [-0.15, -0.1) is 0 Å². The predicted octanol–water partition coefficient (Wildman–Crippen LogP) is 3.50. The maximum Gasteiger partial charge on any atom is 0.353 e. The Morgan fingerprint density at radius 3 is 2.38 bits per heavy atom. The summed E-state index contributed by atoms with van der Waals surface area (Å²) in [5.41, 5.74) is 7.43. The molecule has 3 N–H and O–H groups in total. The Kier molecular flexibility index (Phi) is 4.92. The summed E-state index contributed by atoms with van der Waals surface area (Å²) in [5.74, 6) is 1.44. The van der Waals surface area contributed by atoms with Crippen LogP contribution in [-0.2, 0) is 0 Å². The van der Waals surface area contributed by atoms with Gasteiger partial charge in [0.15, 0.2) is 0 Å². The predicted molar refractivity (Wildman–Crippen MR) is 103 cm³/mol. The van der Waals surface area contributed by atoms with E-state index in [1.165, 1.54) is 0 Å². The molecule has 8 nitrogen and oxygen atoms in total. The largest absolute Gasteiger partial charge is 0.378 e. The van der Waals surface area contributed by atoms with E-state index < -0.39 is 4.92 Å². The molecule has 1 aromatic carbocycles. The van der Waals surface area contributed by atoms with Crippen LogP contribution in [0.3, 0.4) is 0 Å². The highest BCUT2D eigenvalue weighted by molar-refractivity contribution is 5.74. The van der Waals surface area contributed by atoms with Gasteiger partial charge in [-0.25, -0.2) is 0 Å². The van der Waals surface area contributed by atoms with E-state index in [1.54, 1.807) is 0 Å². The van der Waals surface area contributed by atoms with Gasteiger partial charge in [-0.05, 0) is 37.3 Å². The van der Waals surface area contributed by atoms with Gasteiger partial charge in [-0.1, -0.05) is 31.5 Å². The van der Waals surface area contributed by atoms with Gasteiger partial charge < -0.3 is 16.0 Å². The summed E-state index contributed by atoms with van der Waals surface area (Å²) in [6, 6.07) is 7.55. The van der Waals surface area contributed by atoms with Crippen molar-refractivity contribution in [3.05, 3.63) is 39.9 Å². The number of hydrogen-bond donors (Lipinski definition) is 2. The van der Waals surface area contributed by atoms with E-state index in [0.717, 1.165) is 25.1 Å².